The predicted octanol–water partition coefficient (Wildman–Crippen LogP) is 1.51. The maximum atomic E-state index is 11.4. The third kappa shape index (κ3) is 3.43. The van der Waals surface area contributed by atoms with Crippen LogP contribution in [-0.4, -0.2) is 24.4 Å². The van der Waals surface area contributed by atoms with Crippen LogP contribution in [0.25, 0.3) is 0 Å². The Morgan fingerprint density at radius 1 is 1.58 bits per heavy atom. The van der Waals surface area contributed by atoms with E-state index in [1.165, 1.54) is 0 Å². The maximum absolute atomic E-state index is 11.4. The van der Waals surface area contributed by atoms with Crippen molar-refractivity contribution >= 4 is 5.91 Å². The van der Waals surface area contributed by atoms with Crippen LogP contribution >= 0.6 is 0 Å². The molecule has 0 bridgehead atoms. The molecule has 0 aliphatic heterocycles. The van der Waals surface area contributed by atoms with Crippen LogP contribution < -0.4 is 0 Å². The zero-order valence-corrected chi connectivity index (χ0v) is 8.35. The van der Waals surface area contributed by atoms with Crippen molar-refractivity contribution in [1.29, 1.82) is 0 Å². The average molecular weight is 167 g/mol. The number of hydrogen-bond acceptors (Lipinski definition) is 1. The summed E-state index contributed by atoms with van der Waals surface area (Å²) in [7, 11) is 1.82. The molecule has 0 saturated heterocycles. The SMILES string of the molecule is CC#CCC(C)C(=O)N(C)CC. The third-order valence-corrected chi connectivity index (χ3v) is 1.86. The van der Waals surface area contributed by atoms with Crippen LogP contribution in [-0.2, 0) is 4.79 Å². The molecule has 0 rings (SSSR count). The minimum Gasteiger partial charge on any atom is -0.346 e. The summed E-state index contributed by atoms with van der Waals surface area (Å²) in [5, 5.41) is 0. The van der Waals surface area contributed by atoms with Gasteiger partial charge in [0.25, 0.3) is 0 Å². The van der Waals surface area contributed by atoms with Crippen LogP contribution in [0.4, 0.5) is 0 Å². The normalized spacial score (nSPS) is 11.3. The summed E-state index contributed by atoms with van der Waals surface area (Å²) >= 11 is 0. The summed E-state index contributed by atoms with van der Waals surface area (Å²) in [5.41, 5.74) is 0. The van der Waals surface area contributed by atoms with Crippen LogP contribution in [0.5, 0.6) is 0 Å². The molecular weight excluding hydrogens is 150 g/mol. The molecule has 2 heteroatoms. The van der Waals surface area contributed by atoms with E-state index in [0.717, 1.165) is 6.54 Å². The minimum absolute atomic E-state index is 0.0300. The van der Waals surface area contributed by atoms with Gasteiger partial charge in [0, 0.05) is 25.9 Å². The van der Waals surface area contributed by atoms with E-state index < -0.39 is 0 Å². The molecule has 1 unspecified atom stereocenters. The highest BCUT2D eigenvalue weighted by Crippen LogP contribution is 2.04. The zero-order valence-electron chi connectivity index (χ0n) is 8.35. The highest BCUT2D eigenvalue weighted by Gasteiger charge is 2.14. The van der Waals surface area contributed by atoms with E-state index in [1.807, 2.05) is 20.9 Å². The summed E-state index contributed by atoms with van der Waals surface area (Å²) in [6, 6.07) is 0. The van der Waals surface area contributed by atoms with Crippen LogP contribution in [0, 0.1) is 17.8 Å². The molecule has 0 aromatic heterocycles. The molecule has 0 aromatic rings. The first-order chi connectivity index (χ1) is 5.63. The van der Waals surface area contributed by atoms with Gasteiger partial charge in [0.1, 0.15) is 0 Å². The molecule has 1 amide bonds. The van der Waals surface area contributed by atoms with Gasteiger partial charge in [-0.15, -0.1) is 11.8 Å². The predicted molar refractivity (Wildman–Crippen MR) is 50.5 cm³/mol. The standard InChI is InChI=1S/C10H17NO/c1-5-7-8-9(3)10(12)11(4)6-2/h9H,6,8H2,1-4H3. The van der Waals surface area contributed by atoms with Crippen molar-refractivity contribution in [2.45, 2.75) is 27.2 Å². The van der Waals surface area contributed by atoms with Gasteiger partial charge in [-0.1, -0.05) is 6.92 Å². The van der Waals surface area contributed by atoms with E-state index >= 15 is 0 Å². The summed E-state index contributed by atoms with van der Waals surface area (Å²) in [6.07, 6.45) is 0.666. The van der Waals surface area contributed by atoms with Crippen LogP contribution in [0.1, 0.15) is 27.2 Å². The van der Waals surface area contributed by atoms with Gasteiger partial charge in [-0.25, -0.2) is 0 Å². The van der Waals surface area contributed by atoms with Crippen molar-refractivity contribution < 1.29 is 4.79 Å². The van der Waals surface area contributed by atoms with Crippen molar-refractivity contribution in [1.82, 2.24) is 4.90 Å². The van der Waals surface area contributed by atoms with E-state index in [4.69, 9.17) is 0 Å². The Kier molecular flexibility index (Phi) is 5.19. The number of hydrogen-bond donors (Lipinski definition) is 0. The first-order valence-corrected chi connectivity index (χ1v) is 4.28. The Morgan fingerprint density at radius 3 is 2.58 bits per heavy atom. The van der Waals surface area contributed by atoms with Crippen molar-refractivity contribution in [2.75, 3.05) is 13.6 Å². The topological polar surface area (TPSA) is 20.3 Å². The summed E-state index contributed by atoms with van der Waals surface area (Å²) in [5.74, 6) is 5.91. The van der Waals surface area contributed by atoms with E-state index in [1.54, 1.807) is 11.8 Å². The lowest BCUT2D eigenvalue weighted by atomic mass is 10.1. The van der Waals surface area contributed by atoms with Gasteiger partial charge in [0.2, 0.25) is 5.91 Å². The Bertz CT molecular complexity index is 200. The molecule has 0 fully saturated rings. The third-order valence-electron chi connectivity index (χ3n) is 1.86. The molecule has 0 saturated carbocycles. The second-order valence-corrected chi connectivity index (χ2v) is 2.88. The molecule has 0 N–H and O–H groups in total. The molecule has 0 aliphatic carbocycles. The molecular formula is C10H17NO. The fourth-order valence-electron chi connectivity index (χ4n) is 0.875. The van der Waals surface area contributed by atoms with Crippen LogP contribution in [0.15, 0.2) is 0 Å². The number of amides is 1. The molecule has 0 spiro atoms. The van der Waals surface area contributed by atoms with E-state index in [0.29, 0.717) is 6.42 Å². The van der Waals surface area contributed by atoms with Crippen molar-refractivity contribution in [3.63, 3.8) is 0 Å². The van der Waals surface area contributed by atoms with Gasteiger partial charge >= 0.3 is 0 Å². The molecule has 68 valence electrons. The summed E-state index contributed by atoms with van der Waals surface area (Å²) in [4.78, 5) is 13.2. The molecule has 0 aromatic carbocycles. The lowest BCUT2D eigenvalue weighted by Gasteiger charge is -2.17. The van der Waals surface area contributed by atoms with Gasteiger partial charge in [-0.05, 0) is 13.8 Å². The Labute approximate surface area is 74.9 Å². The van der Waals surface area contributed by atoms with Crippen molar-refractivity contribution in [3.8, 4) is 11.8 Å². The first kappa shape index (κ1) is 11.0. The number of carbonyl (C=O) groups excluding carboxylic acids is 1. The largest absolute Gasteiger partial charge is 0.346 e. The lowest BCUT2D eigenvalue weighted by molar-refractivity contribution is -0.133. The summed E-state index contributed by atoms with van der Waals surface area (Å²) in [6.45, 7) is 6.44. The van der Waals surface area contributed by atoms with Gasteiger partial charge in [0.15, 0.2) is 0 Å². The molecule has 2 nitrogen and oxygen atoms in total. The molecule has 0 heterocycles. The zero-order chi connectivity index (χ0) is 9.56. The van der Waals surface area contributed by atoms with Crippen LogP contribution in [0.2, 0.25) is 0 Å². The second-order valence-electron chi connectivity index (χ2n) is 2.88. The monoisotopic (exact) mass is 167 g/mol. The molecule has 12 heavy (non-hydrogen) atoms. The van der Waals surface area contributed by atoms with E-state index in [2.05, 4.69) is 11.8 Å². The lowest BCUT2D eigenvalue weighted by Crippen LogP contribution is -2.31. The van der Waals surface area contributed by atoms with Gasteiger partial charge in [-0.2, -0.15) is 0 Å². The first-order valence-electron chi connectivity index (χ1n) is 4.28. The fraction of sp³-hybridized carbons (Fsp3) is 0.700. The number of nitrogens with zero attached hydrogens (tertiary/aromatic N) is 1. The van der Waals surface area contributed by atoms with Crippen LogP contribution in [0.3, 0.4) is 0 Å². The molecule has 0 radical (unpaired) electrons. The fourth-order valence-corrected chi connectivity index (χ4v) is 0.875. The van der Waals surface area contributed by atoms with Gasteiger partial charge in [-0.3, -0.25) is 4.79 Å². The Morgan fingerprint density at radius 2 is 2.17 bits per heavy atom. The highest BCUT2D eigenvalue weighted by molar-refractivity contribution is 5.78. The smallest absolute Gasteiger partial charge is 0.226 e. The van der Waals surface area contributed by atoms with Crippen molar-refractivity contribution in [3.05, 3.63) is 0 Å². The molecule has 1 atom stereocenters. The quantitative estimate of drug-likeness (QED) is 0.583. The maximum Gasteiger partial charge on any atom is 0.226 e. The second kappa shape index (κ2) is 5.65. The van der Waals surface area contributed by atoms with E-state index in [-0.39, 0.29) is 11.8 Å². The van der Waals surface area contributed by atoms with Gasteiger partial charge in [0.05, 0.1) is 0 Å². The van der Waals surface area contributed by atoms with Crippen molar-refractivity contribution in [2.24, 2.45) is 5.92 Å². The minimum atomic E-state index is 0.0300. The Hall–Kier alpha value is -0.970. The average Bonchev–Trinajstić information content (AvgIpc) is 2.11. The Balaban J connectivity index is 3.97. The van der Waals surface area contributed by atoms with E-state index in [9.17, 15) is 4.79 Å². The van der Waals surface area contributed by atoms with Gasteiger partial charge < -0.3 is 4.90 Å². The number of carbonyl (C=O) groups is 1. The number of rotatable bonds is 3. The highest BCUT2D eigenvalue weighted by atomic mass is 16.2. The molecule has 0 aliphatic rings. The summed E-state index contributed by atoms with van der Waals surface area (Å²) < 4.78 is 0.